The Bertz CT molecular complexity index is 1450. The van der Waals surface area contributed by atoms with E-state index in [9.17, 15) is 4.79 Å². The fraction of sp³-hybridized carbons (Fsp3) is 0.115. The molecule has 0 atom stereocenters. The Morgan fingerprint density at radius 3 is 2.42 bits per heavy atom. The van der Waals surface area contributed by atoms with E-state index >= 15 is 0 Å². The zero-order chi connectivity index (χ0) is 21.4. The number of aromatic nitrogens is 1. The predicted molar refractivity (Wildman–Crippen MR) is 128 cm³/mol. The number of fused-ring (bicyclic) bond motifs is 3. The van der Waals surface area contributed by atoms with Crippen molar-refractivity contribution in [3.05, 3.63) is 99.8 Å². The summed E-state index contributed by atoms with van der Waals surface area (Å²) in [5, 5.41) is 5.42. The average Bonchev–Trinajstić information content (AvgIpc) is 3.19. The molecule has 3 aromatic carbocycles. The molecule has 1 N–H and O–H groups in total. The molecule has 4 nitrogen and oxygen atoms in total. The Morgan fingerprint density at radius 1 is 0.935 bits per heavy atom. The van der Waals surface area contributed by atoms with Gasteiger partial charge in [0.15, 0.2) is 5.58 Å². The van der Waals surface area contributed by atoms with Gasteiger partial charge in [-0.25, -0.2) is 0 Å². The summed E-state index contributed by atoms with van der Waals surface area (Å²) >= 11 is 6.57. The fourth-order valence-corrected chi connectivity index (χ4v) is 4.34. The van der Waals surface area contributed by atoms with E-state index in [4.69, 9.17) is 16.0 Å². The van der Waals surface area contributed by atoms with Crippen LogP contribution in [0.3, 0.4) is 0 Å². The van der Waals surface area contributed by atoms with E-state index in [0.717, 1.165) is 22.0 Å². The molecule has 0 aliphatic heterocycles. The molecule has 0 saturated carbocycles. The van der Waals surface area contributed by atoms with Gasteiger partial charge < -0.3 is 14.3 Å². The molecule has 0 saturated heterocycles. The maximum atomic E-state index is 13.6. The van der Waals surface area contributed by atoms with Crippen LogP contribution in [0, 0.1) is 0 Å². The van der Waals surface area contributed by atoms with Gasteiger partial charge in [0.05, 0.1) is 16.5 Å². The van der Waals surface area contributed by atoms with Gasteiger partial charge in [0.25, 0.3) is 5.56 Å². The average molecular weight is 429 g/mol. The Hall–Kier alpha value is -3.50. The van der Waals surface area contributed by atoms with Crippen LogP contribution in [0.2, 0.25) is 5.02 Å². The van der Waals surface area contributed by atoms with Crippen molar-refractivity contribution < 1.29 is 4.42 Å². The van der Waals surface area contributed by atoms with Crippen LogP contribution in [0.4, 0.5) is 5.88 Å². The summed E-state index contributed by atoms with van der Waals surface area (Å²) in [7, 11) is 0. The summed E-state index contributed by atoms with van der Waals surface area (Å²) in [6.07, 6.45) is 0. The van der Waals surface area contributed by atoms with Crippen molar-refractivity contribution >= 4 is 39.4 Å². The van der Waals surface area contributed by atoms with Gasteiger partial charge in [0.1, 0.15) is 0 Å². The van der Waals surface area contributed by atoms with Crippen molar-refractivity contribution in [2.45, 2.75) is 20.0 Å². The molecule has 31 heavy (non-hydrogen) atoms. The highest BCUT2D eigenvalue weighted by atomic mass is 35.5. The second-order valence-corrected chi connectivity index (χ2v) is 7.80. The third-order valence-corrected chi connectivity index (χ3v) is 5.89. The van der Waals surface area contributed by atoms with E-state index < -0.39 is 0 Å². The largest absolute Gasteiger partial charge is 0.439 e. The second-order valence-electron chi connectivity index (χ2n) is 7.40. The lowest BCUT2D eigenvalue weighted by Crippen LogP contribution is -2.19. The van der Waals surface area contributed by atoms with E-state index in [0.29, 0.717) is 40.5 Å². The van der Waals surface area contributed by atoms with Gasteiger partial charge in [-0.2, -0.15) is 0 Å². The number of rotatable bonds is 5. The number of hydrogen-bond acceptors (Lipinski definition) is 3. The van der Waals surface area contributed by atoms with E-state index in [2.05, 4.69) is 5.32 Å². The smallest absolute Gasteiger partial charge is 0.262 e. The van der Waals surface area contributed by atoms with Gasteiger partial charge in [-0.3, -0.25) is 4.79 Å². The molecule has 0 fully saturated rings. The predicted octanol–water partition coefficient (Wildman–Crippen LogP) is 6.70. The second kappa shape index (κ2) is 7.97. The lowest BCUT2D eigenvalue weighted by molar-refractivity contribution is 0.629. The minimum atomic E-state index is -0.0809. The number of aryl methyl sites for hydroxylation is 1. The number of nitrogens with one attached hydrogen (secondary N) is 1. The van der Waals surface area contributed by atoms with Crippen molar-refractivity contribution in [2.24, 2.45) is 0 Å². The highest BCUT2D eigenvalue weighted by Gasteiger charge is 2.24. The lowest BCUT2D eigenvalue weighted by atomic mass is 10.0. The monoisotopic (exact) mass is 428 g/mol. The van der Waals surface area contributed by atoms with Crippen LogP contribution in [0.1, 0.15) is 12.5 Å². The molecular weight excluding hydrogens is 408 g/mol. The Kier molecular flexibility index (Phi) is 5.00. The third-order valence-electron chi connectivity index (χ3n) is 5.56. The number of halogens is 1. The van der Waals surface area contributed by atoms with Gasteiger partial charge in [0.2, 0.25) is 5.88 Å². The molecule has 2 heterocycles. The van der Waals surface area contributed by atoms with Crippen LogP contribution in [0.25, 0.3) is 33.0 Å². The number of hydrogen-bond donors (Lipinski definition) is 1. The first kappa shape index (κ1) is 19.5. The molecule has 0 bridgehead atoms. The number of anilines is 1. The van der Waals surface area contributed by atoms with E-state index in [1.54, 1.807) is 4.57 Å². The number of pyridine rings is 1. The van der Waals surface area contributed by atoms with Crippen LogP contribution < -0.4 is 10.9 Å². The summed E-state index contributed by atoms with van der Waals surface area (Å²) in [5.41, 5.74) is 3.95. The first-order chi connectivity index (χ1) is 15.2. The number of nitrogens with zero attached hydrogens (tertiary/aromatic N) is 1. The van der Waals surface area contributed by atoms with Crippen LogP contribution in [0.5, 0.6) is 0 Å². The van der Waals surface area contributed by atoms with Crippen molar-refractivity contribution in [2.75, 3.05) is 5.32 Å². The highest BCUT2D eigenvalue weighted by molar-refractivity contribution is 6.34. The van der Waals surface area contributed by atoms with Crippen molar-refractivity contribution in [1.29, 1.82) is 0 Å². The summed E-state index contributed by atoms with van der Waals surface area (Å²) in [5.74, 6) is 0.544. The summed E-state index contributed by atoms with van der Waals surface area (Å²) < 4.78 is 8.13. The van der Waals surface area contributed by atoms with Gasteiger partial charge in [-0.15, -0.1) is 0 Å². The summed E-state index contributed by atoms with van der Waals surface area (Å²) in [4.78, 5) is 13.6. The third kappa shape index (κ3) is 3.29. The molecule has 0 unspecified atom stereocenters. The Balaban J connectivity index is 1.82. The van der Waals surface area contributed by atoms with E-state index in [1.807, 2.05) is 85.8 Å². The van der Waals surface area contributed by atoms with Crippen molar-refractivity contribution in [3.63, 3.8) is 0 Å². The highest BCUT2D eigenvalue weighted by Crippen LogP contribution is 2.42. The normalized spacial score (nSPS) is 11.3. The fourth-order valence-electron chi connectivity index (χ4n) is 4.11. The molecule has 0 radical (unpaired) electrons. The molecule has 0 amide bonds. The van der Waals surface area contributed by atoms with Crippen LogP contribution in [-0.4, -0.2) is 4.57 Å². The summed E-state index contributed by atoms with van der Waals surface area (Å²) in [6.45, 7) is 3.11. The van der Waals surface area contributed by atoms with Gasteiger partial charge in [-0.05, 0) is 30.7 Å². The Morgan fingerprint density at radius 2 is 1.65 bits per heavy atom. The van der Waals surface area contributed by atoms with Crippen LogP contribution in [-0.2, 0) is 13.1 Å². The molecule has 5 rings (SSSR count). The Labute approximate surface area is 184 Å². The molecular formula is C26H21ClN2O2. The number of para-hydroxylation sites is 1. The lowest BCUT2D eigenvalue weighted by Gasteiger charge is -2.10. The molecule has 0 aliphatic carbocycles. The quantitative estimate of drug-likeness (QED) is 0.339. The molecule has 2 aromatic heterocycles. The number of furan rings is 1. The van der Waals surface area contributed by atoms with E-state index in [1.165, 1.54) is 0 Å². The first-order valence-electron chi connectivity index (χ1n) is 10.3. The van der Waals surface area contributed by atoms with E-state index in [-0.39, 0.29) is 5.56 Å². The van der Waals surface area contributed by atoms with Crippen molar-refractivity contribution in [3.8, 4) is 11.1 Å². The molecule has 0 aliphatic rings. The maximum Gasteiger partial charge on any atom is 0.262 e. The molecule has 5 aromatic rings. The minimum Gasteiger partial charge on any atom is -0.439 e. The topological polar surface area (TPSA) is 47.2 Å². The zero-order valence-electron chi connectivity index (χ0n) is 17.1. The maximum absolute atomic E-state index is 13.6. The molecule has 0 spiro atoms. The number of benzene rings is 3. The molecule has 154 valence electrons. The zero-order valence-corrected chi connectivity index (χ0v) is 17.8. The van der Waals surface area contributed by atoms with Gasteiger partial charge >= 0.3 is 0 Å². The van der Waals surface area contributed by atoms with Gasteiger partial charge in [-0.1, -0.05) is 72.3 Å². The summed E-state index contributed by atoms with van der Waals surface area (Å²) in [6, 6.07) is 25.5. The van der Waals surface area contributed by atoms with Gasteiger partial charge in [0, 0.05) is 29.1 Å². The van der Waals surface area contributed by atoms with Crippen LogP contribution >= 0.6 is 11.6 Å². The SMILES string of the molecule is CCn1c(=O)c2c(-c3ccccc3Cl)c(NCc3ccccc3)oc2c2ccccc21. The minimum absolute atomic E-state index is 0.0809. The van der Waals surface area contributed by atoms with Crippen LogP contribution in [0.15, 0.2) is 88.1 Å². The first-order valence-corrected chi connectivity index (χ1v) is 10.7. The molecule has 5 heteroatoms. The van der Waals surface area contributed by atoms with Crippen molar-refractivity contribution in [1.82, 2.24) is 4.57 Å². The standard InChI is InChI=1S/C26H21ClN2O2/c1-2-29-21-15-9-7-13-19(21)24-23(26(29)30)22(18-12-6-8-14-20(18)27)25(31-24)28-16-17-10-4-3-5-11-17/h3-15,28H,2,16H2,1H3.